The maximum Gasteiger partial charge on any atom is 0.257 e. The van der Waals surface area contributed by atoms with Crippen molar-refractivity contribution in [3.8, 4) is 5.75 Å². The largest absolute Gasteiger partial charge is 0.497 e. The van der Waals surface area contributed by atoms with Crippen LogP contribution < -0.4 is 15.4 Å². The van der Waals surface area contributed by atoms with Crippen LogP contribution in [0.15, 0.2) is 73.1 Å². The van der Waals surface area contributed by atoms with Gasteiger partial charge in [-0.1, -0.05) is 18.2 Å². The number of hydrogen-bond acceptors (Lipinski definition) is 4. The molecular weight excluding hydrogens is 342 g/mol. The SMILES string of the molecule is COc1cccc(C(=O)NCc2ccc(NC(=O)c3cccnc3)cc2)c1. The van der Waals surface area contributed by atoms with E-state index in [2.05, 4.69) is 15.6 Å². The van der Waals surface area contributed by atoms with Crippen molar-refractivity contribution >= 4 is 17.5 Å². The Bertz CT molecular complexity index is 925. The smallest absolute Gasteiger partial charge is 0.257 e. The minimum absolute atomic E-state index is 0.178. The molecule has 1 heterocycles. The third-order valence-electron chi connectivity index (χ3n) is 3.92. The molecule has 0 radical (unpaired) electrons. The molecule has 6 nitrogen and oxygen atoms in total. The highest BCUT2D eigenvalue weighted by atomic mass is 16.5. The minimum atomic E-state index is -0.220. The molecular formula is C21H19N3O3. The van der Waals surface area contributed by atoms with Crippen molar-refractivity contribution in [1.82, 2.24) is 10.3 Å². The van der Waals surface area contributed by atoms with Gasteiger partial charge in [0.25, 0.3) is 11.8 Å². The Balaban J connectivity index is 1.56. The van der Waals surface area contributed by atoms with E-state index in [1.807, 2.05) is 12.1 Å². The number of carbonyl (C=O) groups excluding carboxylic acids is 2. The molecule has 2 aromatic carbocycles. The van der Waals surface area contributed by atoms with Gasteiger partial charge < -0.3 is 15.4 Å². The first kappa shape index (κ1) is 18.1. The predicted molar refractivity (Wildman–Crippen MR) is 103 cm³/mol. The molecule has 0 fully saturated rings. The first-order valence-electron chi connectivity index (χ1n) is 8.38. The molecule has 0 saturated heterocycles. The summed E-state index contributed by atoms with van der Waals surface area (Å²) >= 11 is 0. The van der Waals surface area contributed by atoms with Crippen LogP contribution in [0.2, 0.25) is 0 Å². The molecule has 0 atom stereocenters. The lowest BCUT2D eigenvalue weighted by Crippen LogP contribution is -2.22. The summed E-state index contributed by atoms with van der Waals surface area (Å²) in [6, 6.07) is 17.7. The Kier molecular flexibility index (Phi) is 5.79. The summed E-state index contributed by atoms with van der Waals surface area (Å²) in [5, 5.41) is 5.67. The molecule has 0 spiro atoms. The van der Waals surface area contributed by atoms with Gasteiger partial charge in [-0.05, 0) is 48.0 Å². The van der Waals surface area contributed by atoms with Crippen molar-refractivity contribution in [3.63, 3.8) is 0 Å². The van der Waals surface area contributed by atoms with Crippen molar-refractivity contribution in [1.29, 1.82) is 0 Å². The summed E-state index contributed by atoms with van der Waals surface area (Å²) in [5.74, 6) is 0.237. The van der Waals surface area contributed by atoms with Crippen LogP contribution in [0.3, 0.4) is 0 Å². The van der Waals surface area contributed by atoms with Crippen LogP contribution in [0.5, 0.6) is 5.75 Å². The average Bonchev–Trinajstić information content (AvgIpc) is 2.73. The fourth-order valence-electron chi connectivity index (χ4n) is 2.45. The number of anilines is 1. The van der Waals surface area contributed by atoms with E-state index in [1.165, 1.54) is 6.20 Å². The number of amides is 2. The van der Waals surface area contributed by atoms with E-state index in [0.29, 0.717) is 29.1 Å². The number of nitrogens with zero attached hydrogens (tertiary/aromatic N) is 1. The quantitative estimate of drug-likeness (QED) is 0.706. The third-order valence-corrected chi connectivity index (χ3v) is 3.92. The van der Waals surface area contributed by atoms with E-state index in [0.717, 1.165) is 5.56 Å². The number of carbonyl (C=O) groups is 2. The number of nitrogens with one attached hydrogen (secondary N) is 2. The summed E-state index contributed by atoms with van der Waals surface area (Å²) in [5.41, 5.74) is 2.62. The summed E-state index contributed by atoms with van der Waals surface area (Å²) in [6.45, 7) is 0.382. The van der Waals surface area contributed by atoms with Crippen LogP contribution in [0.4, 0.5) is 5.69 Å². The van der Waals surface area contributed by atoms with Crippen molar-refractivity contribution in [2.75, 3.05) is 12.4 Å². The van der Waals surface area contributed by atoms with Gasteiger partial charge in [-0.25, -0.2) is 0 Å². The molecule has 0 bridgehead atoms. The zero-order valence-electron chi connectivity index (χ0n) is 14.8. The fraction of sp³-hybridized carbons (Fsp3) is 0.0952. The summed E-state index contributed by atoms with van der Waals surface area (Å²) in [4.78, 5) is 28.3. The van der Waals surface area contributed by atoms with E-state index in [4.69, 9.17) is 4.74 Å². The number of ether oxygens (including phenoxy) is 1. The van der Waals surface area contributed by atoms with Gasteiger partial charge in [0, 0.05) is 30.2 Å². The van der Waals surface area contributed by atoms with E-state index in [-0.39, 0.29) is 11.8 Å². The zero-order chi connectivity index (χ0) is 19.1. The molecule has 6 heteroatoms. The minimum Gasteiger partial charge on any atom is -0.497 e. The lowest BCUT2D eigenvalue weighted by atomic mass is 10.1. The Hall–Kier alpha value is -3.67. The average molecular weight is 361 g/mol. The van der Waals surface area contributed by atoms with Crippen LogP contribution in [0, 0.1) is 0 Å². The highest BCUT2D eigenvalue weighted by Gasteiger charge is 2.08. The van der Waals surface area contributed by atoms with Gasteiger partial charge >= 0.3 is 0 Å². The topological polar surface area (TPSA) is 80.3 Å². The molecule has 0 aliphatic rings. The van der Waals surface area contributed by atoms with E-state index < -0.39 is 0 Å². The summed E-state index contributed by atoms with van der Waals surface area (Å²) in [6.07, 6.45) is 3.13. The highest BCUT2D eigenvalue weighted by Crippen LogP contribution is 2.14. The molecule has 3 aromatic rings. The Morgan fingerprint density at radius 3 is 2.44 bits per heavy atom. The van der Waals surface area contributed by atoms with Gasteiger partial charge in [0.1, 0.15) is 5.75 Å². The van der Waals surface area contributed by atoms with Crippen LogP contribution >= 0.6 is 0 Å². The van der Waals surface area contributed by atoms with Gasteiger partial charge in [0.15, 0.2) is 0 Å². The molecule has 0 unspecified atom stereocenters. The lowest BCUT2D eigenvalue weighted by Gasteiger charge is -2.08. The molecule has 2 amide bonds. The predicted octanol–water partition coefficient (Wildman–Crippen LogP) is 3.27. The first-order chi connectivity index (χ1) is 13.2. The van der Waals surface area contributed by atoms with E-state index in [1.54, 1.807) is 61.8 Å². The molecule has 136 valence electrons. The number of benzene rings is 2. The summed E-state index contributed by atoms with van der Waals surface area (Å²) in [7, 11) is 1.56. The molecule has 0 aliphatic carbocycles. The molecule has 27 heavy (non-hydrogen) atoms. The normalized spacial score (nSPS) is 10.1. The number of methoxy groups -OCH3 is 1. The lowest BCUT2D eigenvalue weighted by molar-refractivity contribution is 0.0949. The van der Waals surface area contributed by atoms with E-state index >= 15 is 0 Å². The van der Waals surface area contributed by atoms with Crippen molar-refractivity contribution in [2.24, 2.45) is 0 Å². The number of pyridine rings is 1. The summed E-state index contributed by atoms with van der Waals surface area (Å²) < 4.78 is 5.13. The molecule has 2 N–H and O–H groups in total. The monoisotopic (exact) mass is 361 g/mol. The van der Waals surface area contributed by atoms with E-state index in [9.17, 15) is 9.59 Å². The molecule has 3 rings (SSSR count). The van der Waals surface area contributed by atoms with Gasteiger partial charge in [-0.2, -0.15) is 0 Å². The van der Waals surface area contributed by atoms with Gasteiger partial charge in [-0.15, -0.1) is 0 Å². The maximum absolute atomic E-state index is 12.2. The third kappa shape index (κ3) is 4.92. The highest BCUT2D eigenvalue weighted by molar-refractivity contribution is 6.04. The van der Waals surface area contributed by atoms with Gasteiger partial charge in [0.05, 0.1) is 12.7 Å². The van der Waals surface area contributed by atoms with Gasteiger partial charge in [-0.3, -0.25) is 14.6 Å². The Morgan fingerprint density at radius 2 is 1.74 bits per heavy atom. The fourth-order valence-corrected chi connectivity index (χ4v) is 2.45. The molecule has 1 aromatic heterocycles. The van der Waals surface area contributed by atoms with Crippen molar-refractivity contribution < 1.29 is 14.3 Å². The van der Waals surface area contributed by atoms with Crippen LogP contribution in [0.25, 0.3) is 0 Å². The zero-order valence-corrected chi connectivity index (χ0v) is 14.8. The second kappa shape index (κ2) is 8.62. The van der Waals surface area contributed by atoms with Crippen LogP contribution in [0.1, 0.15) is 26.3 Å². The standard InChI is InChI=1S/C21H19N3O3/c1-27-19-6-2-4-16(12-19)20(25)23-13-15-7-9-18(10-8-15)24-21(26)17-5-3-11-22-14-17/h2-12,14H,13H2,1H3,(H,23,25)(H,24,26). The number of aromatic nitrogens is 1. The number of hydrogen-bond donors (Lipinski definition) is 2. The Labute approximate surface area is 157 Å². The second-order valence-corrected chi connectivity index (χ2v) is 5.81. The maximum atomic E-state index is 12.2. The second-order valence-electron chi connectivity index (χ2n) is 5.81. The Morgan fingerprint density at radius 1 is 0.963 bits per heavy atom. The molecule has 0 saturated carbocycles. The first-order valence-corrected chi connectivity index (χ1v) is 8.38. The molecule has 0 aliphatic heterocycles. The number of rotatable bonds is 6. The van der Waals surface area contributed by atoms with Crippen molar-refractivity contribution in [2.45, 2.75) is 6.54 Å². The van der Waals surface area contributed by atoms with Crippen molar-refractivity contribution in [3.05, 3.63) is 89.7 Å². The van der Waals surface area contributed by atoms with Crippen LogP contribution in [-0.2, 0) is 6.54 Å². The van der Waals surface area contributed by atoms with Gasteiger partial charge in [0.2, 0.25) is 0 Å². The van der Waals surface area contributed by atoms with Crippen LogP contribution in [-0.4, -0.2) is 23.9 Å².